The number of hydrogen-bond acceptors (Lipinski definition) is 2. The fourth-order valence-corrected chi connectivity index (χ4v) is 9.79. The number of fused-ring (bicyclic) bond motifs is 5. The van der Waals surface area contributed by atoms with Gasteiger partial charge in [-0.3, -0.25) is 0 Å². The summed E-state index contributed by atoms with van der Waals surface area (Å²) in [4.78, 5) is 5.02. The number of rotatable bonds is 8. The van der Waals surface area contributed by atoms with Gasteiger partial charge in [0.1, 0.15) is 0 Å². The second-order valence-corrected chi connectivity index (χ2v) is 16.0. The maximum atomic E-state index is 2.51. The molecule has 0 spiro atoms. The highest BCUT2D eigenvalue weighted by molar-refractivity contribution is 5.85. The molecule has 0 saturated heterocycles. The summed E-state index contributed by atoms with van der Waals surface area (Å²) in [5, 5.41) is 0. The Hall–Kier alpha value is -5.60. The standard InChI is InChI=1S/C53H52N2/c1-5-53(6-2)49-35-41(19-17-39-21-29-45(30-22-39)54-37(3)15-27-43-11-7-9-13-51(43)54)25-33-47(49)48-34-26-42(36-50(48)53)20-18-40-23-31-46(32-24-40)55-38(4)16-28-44-12-8-10-14-52(44)55/h7-14,17-26,29-38H,5-6,15-16,27-28H2,1-4H3/b19-17+,20-18+. The van der Waals surface area contributed by atoms with E-state index in [0.717, 1.165) is 25.7 Å². The van der Waals surface area contributed by atoms with Crippen molar-refractivity contribution in [3.05, 3.63) is 178 Å². The molecule has 0 N–H and O–H groups in total. The Morgan fingerprint density at radius 1 is 0.491 bits per heavy atom. The average Bonchev–Trinajstić information content (AvgIpc) is 3.51. The predicted molar refractivity (Wildman–Crippen MR) is 237 cm³/mol. The maximum Gasteiger partial charge on any atom is 0.0445 e. The van der Waals surface area contributed by atoms with Gasteiger partial charge in [-0.15, -0.1) is 0 Å². The zero-order valence-corrected chi connectivity index (χ0v) is 32.8. The highest BCUT2D eigenvalue weighted by Gasteiger charge is 2.40. The van der Waals surface area contributed by atoms with E-state index in [4.69, 9.17) is 0 Å². The first-order valence-electron chi connectivity index (χ1n) is 20.6. The van der Waals surface area contributed by atoms with E-state index in [2.05, 4.69) is 195 Å². The molecule has 274 valence electrons. The van der Waals surface area contributed by atoms with E-state index in [1.807, 2.05) is 0 Å². The molecule has 0 amide bonds. The van der Waals surface area contributed by atoms with Crippen molar-refractivity contribution in [2.45, 2.75) is 83.7 Å². The van der Waals surface area contributed by atoms with Gasteiger partial charge in [0.05, 0.1) is 0 Å². The van der Waals surface area contributed by atoms with E-state index in [1.165, 1.54) is 91.2 Å². The summed E-state index contributed by atoms with van der Waals surface area (Å²) in [5.41, 5.74) is 18.8. The Labute approximate surface area is 328 Å². The van der Waals surface area contributed by atoms with Crippen LogP contribution in [0.2, 0.25) is 0 Å². The van der Waals surface area contributed by atoms with Crippen LogP contribution in [0, 0.1) is 0 Å². The third-order valence-corrected chi connectivity index (χ3v) is 12.9. The molecule has 0 radical (unpaired) electrons. The first kappa shape index (κ1) is 35.1. The van der Waals surface area contributed by atoms with Gasteiger partial charge < -0.3 is 9.80 Å². The smallest absolute Gasteiger partial charge is 0.0445 e. The minimum absolute atomic E-state index is 0.00448. The molecule has 2 atom stereocenters. The molecular formula is C53H52N2. The SMILES string of the molecule is CCC1(CC)c2cc(/C=C/c3ccc(N4c5ccccc5CCC4C)cc3)ccc2-c2ccc(/C=C/c3ccc(N4c5ccccc5CCC4C)cc3)cc21. The number of para-hydroxylation sites is 2. The third-order valence-electron chi connectivity index (χ3n) is 12.9. The summed E-state index contributed by atoms with van der Waals surface area (Å²) in [7, 11) is 0. The second-order valence-electron chi connectivity index (χ2n) is 16.0. The van der Waals surface area contributed by atoms with Crippen LogP contribution in [0.25, 0.3) is 35.4 Å². The lowest BCUT2D eigenvalue weighted by Gasteiger charge is -2.37. The number of aryl methyl sites for hydroxylation is 2. The van der Waals surface area contributed by atoms with Crippen molar-refractivity contribution in [1.29, 1.82) is 0 Å². The summed E-state index contributed by atoms with van der Waals surface area (Å²) in [6.45, 7) is 9.41. The van der Waals surface area contributed by atoms with Gasteiger partial charge in [-0.05, 0) is 144 Å². The summed E-state index contributed by atoms with van der Waals surface area (Å²) < 4.78 is 0. The first-order chi connectivity index (χ1) is 27.0. The van der Waals surface area contributed by atoms with Crippen LogP contribution in [-0.4, -0.2) is 12.1 Å². The van der Waals surface area contributed by atoms with Crippen molar-refractivity contribution in [3.8, 4) is 11.1 Å². The summed E-state index contributed by atoms with van der Waals surface area (Å²) in [6, 6.07) is 51.1. The molecule has 0 bridgehead atoms. The van der Waals surface area contributed by atoms with Gasteiger partial charge in [-0.2, -0.15) is 0 Å². The molecule has 0 saturated carbocycles. The highest BCUT2D eigenvalue weighted by Crippen LogP contribution is 2.53. The van der Waals surface area contributed by atoms with Crippen LogP contribution in [0.1, 0.15) is 97.9 Å². The van der Waals surface area contributed by atoms with Crippen molar-refractivity contribution in [1.82, 2.24) is 0 Å². The van der Waals surface area contributed by atoms with Crippen molar-refractivity contribution in [3.63, 3.8) is 0 Å². The molecule has 6 aromatic carbocycles. The molecule has 0 fully saturated rings. The van der Waals surface area contributed by atoms with Crippen LogP contribution >= 0.6 is 0 Å². The maximum absolute atomic E-state index is 2.51. The Kier molecular flexibility index (Phi) is 9.30. The van der Waals surface area contributed by atoms with E-state index in [9.17, 15) is 0 Å². The van der Waals surface area contributed by atoms with Crippen molar-refractivity contribution in [2.75, 3.05) is 9.80 Å². The quantitative estimate of drug-likeness (QED) is 0.145. The van der Waals surface area contributed by atoms with Crippen LogP contribution in [0.5, 0.6) is 0 Å². The molecule has 1 aliphatic carbocycles. The number of anilines is 4. The minimum Gasteiger partial charge on any atom is -0.338 e. The number of hydrogen-bond donors (Lipinski definition) is 0. The van der Waals surface area contributed by atoms with Gasteiger partial charge in [-0.1, -0.05) is 135 Å². The molecule has 55 heavy (non-hydrogen) atoms. The molecule has 2 nitrogen and oxygen atoms in total. The van der Waals surface area contributed by atoms with E-state index in [1.54, 1.807) is 0 Å². The number of benzene rings is 6. The van der Waals surface area contributed by atoms with E-state index < -0.39 is 0 Å². The Bertz CT molecular complexity index is 2230. The fraction of sp³-hybridized carbons (Fsp3) is 0.245. The molecule has 0 aromatic heterocycles. The van der Waals surface area contributed by atoms with Gasteiger partial charge >= 0.3 is 0 Å². The fourth-order valence-electron chi connectivity index (χ4n) is 9.79. The van der Waals surface area contributed by atoms with Crippen LogP contribution in [-0.2, 0) is 18.3 Å². The van der Waals surface area contributed by atoms with Gasteiger partial charge in [0.15, 0.2) is 0 Å². The Morgan fingerprint density at radius 3 is 1.29 bits per heavy atom. The van der Waals surface area contributed by atoms with E-state index in [0.29, 0.717) is 12.1 Å². The highest BCUT2D eigenvalue weighted by atomic mass is 15.2. The lowest BCUT2D eigenvalue weighted by Crippen LogP contribution is -2.33. The van der Waals surface area contributed by atoms with Crippen molar-refractivity contribution >= 4 is 47.1 Å². The van der Waals surface area contributed by atoms with Gasteiger partial charge in [0.2, 0.25) is 0 Å². The second kappa shape index (κ2) is 14.6. The zero-order chi connectivity index (χ0) is 37.5. The summed E-state index contributed by atoms with van der Waals surface area (Å²) in [6.07, 6.45) is 15.9. The lowest BCUT2D eigenvalue weighted by molar-refractivity contribution is 0.490. The normalized spacial score (nSPS) is 18.3. The van der Waals surface area contributed by atoms with Crippen LogP contribution in [0.4, 0.5) is 22.7 Å². The molecule has 2 heterocycles. The van der Waals surface area contributed by atoms with Gasteiger partial charge in [0.25, 0.3) is 0 Å². The number of nitrogens with zero attached hydrogens (tertiary/aromatic N) is 2. The molecule has 6 aromatic rings. The van der Waals surface area contributed by atoms with E-state index >= 15 is 0 Å². The monoisotopic (exact) mass is 716 g/mol. The molecule has 9 rings (SSSR count). The predicted octanol–water partition coefficient (Wildman–Crippen LogP) is 14.1. The summed E-state index contributed by atoms with van der Waals surface area (Å²) >= 11 is 0. The Morgan fingerprint density at radius 2 is 0.873 bits per heavy atom. The van der Waals surface area contributed by atoms with Crippen LogP contribution < -0.4 is 9.80 Å². The zero-order valence-electron chi connectivity index (χ0n) is 32.8. The largest absolute Gasteiger partial charge is 0.338 e. The van der Waals surface area contributed by atoms with E-state index in [-0.39, 0.29) is 5.41 Å². The molecule has 2 aliphatic heterocycles. The molecule has 3 aliphatic rings. The Balaban J connectivity index is 0.935. The topological polar surface area (TPSA) is 6.48 Å². The van der Waals surface area contributed by atoms with Crippen LogP contribution in [0.3, 0.4) is 0 Å². The minimum atomic E-state index is 0.00448. The first-order valence-corrected chi connectivity index (χ1v) is 20.6. The van der Waals surface area contributed by atoms with Gasteiger partial charge in [-0.25, -0.2) is 0 Å². The molecular weight excluding hydrogens is 665 g/mol. The third kappa shape index (κ3) is 6.32. The average molecular weight is 717 g/mol. The van der Waals surface area contributed by atoms with Crippen molar-refractivity contribution < 1.29 is 0 Å². The van der Waals surface area contributed by atoms with Crippen molar-refractivity contribution in [2.24, 2.45) is 0 Å². The van der Waals surface area contributed by atoms with Gasteiger partial charge in [0, 0.05) is 40.2 Å². The summed E-state index contributed by atoms with van der Waals surface area (Å²) in [5.74, 6) is 0. The lowest BCUT2D eigenvalue weighted by atomic mass is 9.73. The van der Waals surface area contributed by atoms with Crippen LogP contribution in [0.15, 0.2) is 133 Å². The molecule has 2 unspecified atom stereocenters. The molecule has 2 heteroatoms.